The fourth-order valence-corrected chi connectivity index (χ4v) is 2.52. The van der Waals surface area contributed by atoms with Crippen LogP contribution in [-0.2, 0) is 0 Å². The van der Waals surface area contributed by atoms with Crippen LogP contribution >= 0.6 is 0 Å². The number of H-pyrrole nitrogens is 1. The number of anilines is 2. The zero-order chi connectivity index (χ0) is 19.6. The van der Waals surface area contributed by atoms with Crippen LogP contribution in [0, 0.1) is 17.3 Å². The molecular formula is C20H22N6O. The van der Waals surface area contributed by atoms with Gasteiger partial charge in [0.25, 0.3) is 0 Å². The van der Waals surface area contributed by atoms with Gasteiger partial charge in [0.1, 0.15) is 5.82 Å². The third-order valence-electron chi connectivity index (χ3n) is 3.84. The highest BCUT2D eigenvalue weighted by molar-refractivity contribution is 5.96. The lowest BCUT2D eigenvalue weighted by Gasteiger charge is -2.09. The number of hydrogen-bond acceptors (Lipinski definition) is 4. The maximum Gasteiger partial charge on any atom is 0.320 e. The van der Waals surface area contributed by atoms with Crippen molar-refractivity contribution in [1.29, 1.82) is 0 Å². The number of nitrogens with zero attached hydrogens (tertiary/aromatic N) is 2. The van der Waals surface area contributed by atoms with Crippen LogP contribution in [-0.4, -0.2) is 28.3 Å². The number of nitrogen functional groups attached to an aromatic ring is 1. The number of aromatic nitrogens is 3. The summed E-state index contributed by atoms with van der Waals surface area (Å²) in [5, 5.41) is 13.1. The Hall–Kier alpha value is -3.53. The van der Waals surface area contributed by atoms with Gasteiger partial charge in [-0.3, -0.25) is 10.4 Å². The van der Waals surface area contributed by atoms with Crippen molar-refractivity contribution >= 4 is 28.6 Å². The third-order valence-corrected chi connectivity index (χ3v) is 3.84. The second-order valence-corrected chi connectivity index (χ2v) is 7.19. The monoisotopic (exact) mass is 362 g/mol. The Labute approximate surface area is 157 Å². The molecule has 0 unspecified atom stereocenters. The molecule has 0 atom stereocenters. The average Bonchev–Trinajstić information content (AvgIpc) is 3.00. The largest absolute Gasteiger partial charge is 0.382 e. The van der Waals surface area contributed by atoms with Gasteiger partial charge in [0.05, 0.1) is 11.1 Å². The summed E-state index contributed by atoms with van der Waals surface area (Å²) < 4.78 is 0. The summed E-state index contributed by atoms with van der Waals surface area (Å²) in [5.74, 6) is 7.36. The summed E-state index contributed by atoms with van der Waals surface area (Å²) in [6.07, 6.45) is 1.64. The Kier molecular flexibility index (Phi) is 4.74. The van der Waals surface area contributed by atoms with Gasteiger partial charge in [0.15, 0.2) is 5.82 Å². The van der Waals surface area contributed by atoms with Crippen molar-refractivity contribution in [2.75, 3.05) is 18.1 Å². The molecule has 5 N–H and O–H groups in total. The molecule has 1 aromatic carbocycles. The molecule has 2 aromatic heterocycles. The molecule has 7 heteroatoms. The predicted molar refractivity (Wildman–Crippen MR) is 108 cm³/mol. The standard InChI is InChI=1S/C20H22N6O/c1-20(2,3)7-5-13-9-14(10-15-17(13)25-26-18(15)21)12-6-8-23-16(11-12)24-19(27)22-4/h6,8-11H,1-4H3,(H3,21,25,26)(H2,22,23,24,27). The summed E-state index contributed by atoms with van der Waals surface area (Å²) in [4.78, 5) is 15.7. The van der Waals surface area contributed by atoms with E-state index in [2.05, 4.69) is 58.4 Å². The number of amides is 2. The van der Waals surface area contributed by atoms with Crippen LogP contribution in [0.2, 0.25) is 0 Å². The van der Waals surface area contributed by atoms with E-state index >= 15 is 0 Å². The van der Waals surface area contributed by atoms with Gasteiger partial charge in [0.2, 0.25) is 0 Å². The van der Waals surface area contributed by atoms with E-state index in [1.807, 2.05) is 18.2 Å². The number of urea groups is 1. The van der Waals surface area contributed by atoms with E-state index in [0.717, 1.165) is 27.6 Å². The normalized spacial score (nSPS) is 11.0. The summed E-state index contributed by atoms with van der Waals surface area (Å²) in [6, 6.07) is 7.28. The van der Waals surface area contributed by atoms with E-state index in [4.69, 9.17) is 5.73 Å². The first-order valence-electron chi connectivity index (χ1n) is 8.53. The maximum absolute atomic E-state index is 11.5. The van der Waals surface area contributed by atoms with Gasteiger partial charge in [-0.05, 0) is 56.2 Å². The van der Waals surface area contributed by atoms with Crippen molar-refractivity contribution in [3.05, 3.63) is 36.0 Å². The molecule has 0 spiro atoms. The van der Waals surface area contributed by atoms with Gasteiger partial charge in [-0.2, -0.15) is 5.10 Å². The number of nitrogens with one attached hydrogen (secondary N) is 3. The molecule has 0 aliphatic rings. The van der Waals surface area contributed by atoms with Crippen LogP contribution in [0.1, 0.15) is 26.3 Å². The van der Waals surface area contributed by atoms with E-state index in [1.54, 1.807) is 19.3 Å². The van der Waals surface area contributed by atoms with E-state index in [-0.39, 0.29) is 11.4 Å². The summed E-state index contributed by atoms with van der Waals surface area (Å²) in [6.45, 7) is 6.17. The highest BCUT2D eigenvalue weighted by Crippen LogP contribution is 2.30. The lowest BCUT2D eigenvalue weighted by atomic mass is 9.96. The van der Waals surface area contributed by atoms with Crippen LogP contribution in [0.4, 0.5) is 16.4 Å². The number of fused-ring (bicyclic) bond motifs is 1. The van der Waals surface area contributed by atoms with Crippen molar-refractivity contribution in [2.45, 2.75) is 20.8 Å². The SMILES string of the molecule is CNC(=O)Nc1cc(-c2cc(C#CC(C)(C)C)c3[nH]nc(N)c3c2)ccn1. The first kappa shape index (κ1) is 18.3. The molecule has 3 rings (SSSR count). The van der Waals surface area contributed by atoms with Crippen molar-refractivity contribution < 1.29 is 4.79 Å². The lowest BCUT2D eigenvalue weighted by molar-refractivity contribution is 0.254. The van der Waals surface area contributed by atoms with Crippen LogP contribution in [0.25, 0.3) is 22.0 Å². The Morgan fingerprint density at radius 2 is 2.00 bits per heavy atom. The summed E-state index contributed by atoms with van der Waals surface area (Å²) in [5.41, 5.74) is 9.32. The van der Waals surface area contributed by atoms with E-state index in [1.165, 1.54) is 0 Å². The molecule has 0 bridgehead atoms. The van der Waals surface area contributed by atoms with E-state index < -0.39 is 0 Å². The predicted octanol–water partition coefficient (Wildman–Crippen LogP) is 3.36. The van der Waals surface area contributed by atoms with Crippen molar-refractivity contribution in [2.24, 2.45) is 5.41 Å². The molecule has 0 fully saturated rings. The van der Waals surface area contributed by atoms with Crippen molar-refractivity contribution in [3.8, 4) is 23.0 Å². The minimum atomic E-state index is -0.328. The molecule has 7 nitrogen and oxygen atoms in total. The van der Waals surface area contributed by atoms with Crippen LogP contribution in [0.3, 0.4) is 0 Å². The number of nitrogens with two attached hydrogens (primary N) is 1. The zero-order valence-corrected chi connectivity index (χ0v) is 15.8. The highest BCUT2D eigenvalue weighted by Gasteiger charge is 2.12. The quantitative estimate of drug-likeness (QED) is 0.524. The summed E-state index contributed by atoms with van der Waals surface area (Å²) >= 11 is 0. The Morgan fingerprint density at radius 1 is 1.22 bits per heavy atom. The second-order valence-electron chi connectivity index (χ2n) is 7.19. The Morgan fingerprint density at radius 3 is 2.70 bits per heavy atom. The molecule has 2 heterocycles. The molecule has 0 aliphatic carbocycles. The minimum Gasteiger partial charge on any atom is -0.382 e. The lowest BCUT2D eigenvalue weighted by Crippen LogP contribution is -2.24. The van der Waals surface area contributed by atoms with Gasteiger partial charge in [-0.1, -0.05) is 11.8 Å². The number of carbonyl (C=O) groups is 1. The average molecular weight is 362 g/mol. The van der Waals surface area contributed by atoms with Crippen LogP contribution < -0.4 is 16.4 Å². The Bertz CT molecular complexity index is 1070. The van der Waals surface area contributed by atoms with Crippen LogP contribution in [0.5, 0.6) is 0 Å². The third kappa shape index (κ3) is 4.18. The Balaban J connectivity index is 2.12. The highest BCUT2D eigenvalue weighted by atomic mass is 16.2. The molecule has 0 radical (unpaired) electrons. The van der Waals surface area contributed by atoms with Gasteiger partial charge < -0.3 is 11.1 Å². The molecular weight excluding hydrogens is 340 g/mol. The van der Waals surface area contributed by atoms with Crippen molar-refractivity contribution in [1.82, 2.24) is 20.5 Å². The number of aromatic amines is 1. The zero-order valence-electron chi connectivity index (χ0n) is 15.8. The summed E-state index contributed by atoms with van der Waals surface area (Å²) in [7, 11) is 1.55. The van der Waals surface area contributed by atoms with Gasteiger partial charge >= 0.3 is 6.03 Å². The van der Waals surface area contributed by atoms with Crippen LogP contribution in [0.15, 0.2) is 30.5 Å². The van der Waals surface area contributed by atoms with Gasteiger partial charge in [-0.15, -0.1) is 0 Å². The molecule has 138 valence electrons. The molecule has 0 saturated heterocycles. The topological polar surface area (TPSA) is 109 Å². The molecule has 3 aromatic rings. The van der Waals surface area contributed by atoms with Gasteiger partial charge in [0, 0.05) is 24.0 Å². The number of carbonyl (C=O) groups excluding carboxylic acids is 1. The molecule has 27 heavy (non-hydrogen) atoms. The fourth-order valence-electron chi connectivity index (χ4n) is 2.52. The first-order chi connectivity index (χ1) is 12.8. The maximum atomic E-state index is 11.5. The molecule has 0 saturated carbocycles. The number of hydrogen-bond donors (Lipinski definition) is 4. The second kappa shape index (κ2) is 7.00. The number of pyridine rings is 1. The fraction of sp³-hybridized carbons (Fsp3) is 0.250. The number of rotatable bonds is 2. The number of benzene rings is 1. The van der Waals surface area contributed by atoms with Gasteiger partial charge in [-0.25, -0.2) is 9.78 Å². The van der Waals surface area contributed by atoms with E-state index in [0.29, 0.717) is 11.6 Å². The minimum absolute atomic E-state index is 0.130. The van der Waals surface area contributed by atoms with E-state index in [9.17, 15) is 4.79 Å². The first-order valence-corrected chi connectivity index (χ1v) is 8.53. The molecule has 2 amide bonds. The smallest absolute Gasteiger partial charge is 0.320 e. The van der Waals surface area contributed by atoms with Crippen molar-refractivity contribution in [3.63, 3.8) is 0 Å². The molecule has 0 aliphatic heterocycles.